The number of hydrogen-bond acceptors (Lipinski definition) is 3. The van der Waals surface area contributed by atoms with Crippen LogP contribution in [0.25, 0.3) is 0 Å². The number of rotatable bonds is 7. The summed E-state index contributed by atoms with van der Waals surface area (Å²) >= 11 is 3.35. The first-order chi connectivity index (χ1) is 10.6. The Labute approximate surface area is 136 Å². The van der Waals surface area contributed by atoms with Crippen molar-refractivity contribution in [3.05, 3.63) is 64.1 Å². The lowest BCUT2D eigenvalue weighted by atomic mass is 10.0. The molecule has 1 N–H and O–H groups in total. The second-order valence-electron chi connectivity index (χ2n) is 4.68. The van der Waals surface area contributed by atoms with Gasteiger partial charge in [0, 0.05) is 16.5 Å². The maximum absolute atomic E-state index is 12.6. The molecule has 22 heavy (non-hydrogen) atoms. The van der Waals surface area contributed by atoms with Gasteiger partial charge in [-0.15, -0.1) is 0 Å². The third kappa shape index (κ3) is 4.43. The Morgan fingerprint density at radius 1 is 1.09 bits per heavy atom. The molecule has 2 aromatic carbocycles. The topological polar surface area (TPSA) is 63.6 Å². The molecule has 0 aliphatic carbocycles. The van der Waals surface area contributed by atoms with Gasteiger partial charge in [-0.25, -0.2) is 0 Å². The molecule has 2 rings (SSSR count). The van der Waals surface area contributed by atoms with Gasteiger partial charge in [-0.1, -0.05) is 46.3 Å². The van der Waals surface area contributed by atoms with Crippen LogP contribution in [0.2, 0.25) is 0 Å². The van der Waals surface area contributed by atoms with Crippen molar-refractivity contribution in [1.82, 2.24) is 0 Å². The summed E-state index contributed by atoms with van der Waals surface area (Å²) in [6.07, 6.45) is 0.433. The molecule has 0 fully saturated rings. The molecule has 5 heteroatoms. The van der Waals surface area contributed by atoms with E-state index in [-0.39, 0.29) is 18.8 Å². The van der Waals surface area contributed by atoms with Crippen LogP contribution in [0.1, 0.15) is 28.8 Å². The van der Waals surface area contributed by atoms with E-state index in [1.54, 1.807) is 42.5 Å². The normalized spacial score (nSPS) is 10.2. The number of halogens is 1. The average molecular weight is 363 g/mol. The van der Waals surface area contributed by atoms with Crippen LogP contribution >= 0.6 is 15.9 Å². The largest absolute Gasteiger partial charge is 0.493 e. The molecule has 0 saturated carbocycles. The van der Waals surface area contributed by atoms with Gasteiger partial charge in [0.2, 0.25) is 0 Å². The van der Waals surface area contributed by atoms with Crippen molar-refractivity contribution in [2.24, 2.45) is 0 Å². The van der Waals surface area contributed by atoms with Crippen LogP contribution in [0.4, 0.5) is 0 Å². The van der Waals surface area contributed by atoms with Crippen molar-refractivity contribution in [2.75, 3.05) is 6.61 Å². The molecule has 0 aromatic heterocycles. The standard InChI is InChI=1S/C17H15BrO4/c18-13-8-9-15(22-10-4-7-16(19)20)14(11-13)17(21)12-5-2-1-3-6-12/h1-3,5-6,8-9,11H,4,7,10H2,(H,19,20). The summed E-state index contributed by atoms with van der Waals surface area (Å²) in [7, 11) is 0. The zero-order valence-electron chi connectivity index (χ0n) is 11.8. The van der Waals surface area contributed by atoms with Gasteiger partial charge in [0.25, 0.3) is 0 Å². The summed E-state index contributed by atoms with van der Waals surface area (Å²) in [6.45, 7) is 0.253. The number of carboxylic acid groups (broad SMARTS) is 1. The Bertz CT molecular complexity index is 668. The van der Waals surface area contributed by atoms with Crippen molar-refractivity contribution < 1.29 is 19.4 Å². The van der Waals surface area contributed by atoms with Gasteiger partial charge >= 0.3 is 5.97 Å². The van der Waals surface area contributed by atoms with Gasteiger partial charge in [0.05, 0.1) is 12.2 Å². The lowest BCUT2D eigenvalue weighted by Crippen LogP contribution is -2.07. The molecular weight excluding hydrogens is 348 g/mol. The van der Waals surface area contributed by atoms with E-state index >= 15 is 0 Å². The fraction of sp³-hybridized carbons (Fsp3) is 0.176. The smallest absolute Gasteiger partial charge is 0.303 e. The Kier molecular flexibility index (Phi) is 5.72. The van der Waals surface area contributed by atoms with E-state index in [4.69, 9.17) is 9.84 Å². The number of ketones is 1. The third-order valence-corrected chi connectivity index (χ3v) is 3.51. The first kappa shape index (κ1) is 16.2. The summed E-state index contributed by atoms with van der Waals surface area (Å²) in [5.41, 5.74) is 1.03. The molecule has 2 aromatic rings. The van der Waals surface area contributed by atoms with Crippen LogP contribution in [-0.4, -0.2) is 23.5 Å². The number of benzene rings is 2. The third-order valence-electron chi connectivity index (χ3n) is 3.01. The van der Waals surface area contributed by atoms with Crippen molar-refractivity contribution in [3.63, 3.8) is 0 Å². The molecular formula is C17H15BrO4. The minimum atomic E-state index is -0.861. The van der Waals surface area contributed by atoms with Gasteiger partial charge in [-0.05, 0) is 24.6 Å². The number of ether oxygens (including phenoxy) is 1. The van der Waals surface area contributed by atoms with Crippen molar-refractivity contribution in [1.29, 1.82) is 0 Å². The fourth-order valence-electron chi connectivity index (χ4n) is 1.96. The van der Waals surface area contributed by atoms with Crippen LogP contribution in [0.5, 0.6) is 5.75 Å². The number of carboxylic acids is 1. The maximum atomic E-state index is 12.6. The molecule has 0 bridgehead atoms. The number of carbonyl (C=O) groups excluding carboxylic acids is 1. The van der Waals surface area contributed by atoms with Gasteiger partial charge in [-0.3, -0.25) is 9.59 Å². The van der Waals surface area contributed by atoms with Gasteiger partial charge in [0.1, 0.15) is 5.75 Å². The van der Waals surface area contributed by atoms with E-state index in [1.807, 2.05) is 6.07 Å². The van der Waals surface area contributed by atoms with Gasteiger partial charge in [-0.2, -0.15) is 0 Å². The number of carbonyl (C=O) groups is 2. The zero-order valence-corrected chi connectivity index (χ0v) is 13.4. The molecule has 0 radical (unpaired) electrons. The van der Waals surface area contributed by atoms with E-state index in [0.717, 1.165) is 4.47 Å². The lowest BCUT2D eigenvalue weighted by Gasteiger charge is -2.11. The zero-order chi connectivity index (χ0) is 15.9. The number of hydrogen-bond donors (Lipinski definition) is 1. The van der Waals surface area contributed by atoms with Crippen molar-refractivity contribution >= 4 is 27.7 Å². The predicted octanol–water partition coefficient (Wildman–Crippen LogP) is 3.92. The van der Waals surface area contributed by atoms with E-state index in [0.29, 0.717) is 23.3 Å². The molecule has 4 nitrogen and oxygen atoms in total. The van der Waals surface area contributed by atoms with E-state index < -0.39 is 5.97 Å². The van der Waals surface area contributed by atoms with Gasteiger partial charge < -0.3 is 9.84 Å². The summed E-state index contributed by atoms with van der Waals surface area (Å²) < 4.78 is 6.36. The summed E-state index contributed by atoms with van der Waals surface area (Å²) in [6, 6.07) is 14.2. The quantitative estimate of drug-likeness (QED) is 0.598. The minimum absolute atomic E-state index is 0.0402. The van der Waals surface area contributed by atoms with Crippen LogP contribution < -0.4 is 4.74 Å². The lowest BCUT2D eigenvalue weighted by molar-refractivity contribution is -0.137. The Morgan fingerprint density at radius 2 is 1.82 bits per heavy atom. The summed E-state index contributed by atoms with van der Waals surface area (Å²) in [5, 5.41) is 8.62. The minimum Gasteiger partial charge on any atom is -0.493 e. The molecule has 0 aliphatic heterocycles. The first-order valence-corrected chi connectivity index (χ1v) is 7.61. The van der Waals surface area contributed by atoms with Crippen molar-refractivity contribution in [3.8, 4) is 5.75 Å². The molecule has 0 heterocycles. The Hall–Kier alpha value is -2.14. The molecule has 0 aliphatic rings. The molecule has 0 amide bonds. The second-order valence-corrected chi connectivity index (χ2v) is 5.60. The molecule has 0 atom stereocenters. The average Bonchev–Trinajstić information content (AvgIpc) is 2.52. The van der Waals surface area contributed by atoms with E-state index in [1.165, 1.54) is 0 Å². The molecule has 0 saturated heterocycles. The highest BCUT2D eigenvalue weighted by molar-refractivity contribution is 9.10. The summed E-state index contributed by atoms with van der Waals surface area (Å²) in [4.78, 5) is 23.1. The highest BCUT2D eigenvalue weighted by Crippen LogP contribution is 2.26. The van der Waals surface area contributed by atoms with Crippen LogP contribution in [-0.2, 0) is 4.79 Å². The van der Waals surface area contributed by atoms with Crippen LogP contribution in [0, 0.1) is 0 Å². The predicted molar refractivity (Wildman–Crippen MR) is 86.4 cm³/mol. The monoisotopic (exact) mass is 362 g/mol. The van der Waals surface area contributed by atoms with Gasteiger partial charge in [0.15, 0.2) is 5.78 Å². The fourth-order valence-corrected chi connectivity index (χ4v) is 2.32. The highest BCUT2D eigenvalue weighted by atomic mass is 79.9. The van der Waals surface area contributed by atoms with E-state index in [9.17, 15) is 9.59 Å². The maximum Gasteiger partial charge on any atom is 0.303 e. The number of aliphatic carboxylic acids is 1. The second kappa shape index (κ2) is 7.75. The SMILES string of the molecule is O=C(O)CCCOc1ccc(Br)cc1C(=O)c1ccccc1. The van der Waals surface area contributed by atoms with Crippen LogP contribution in [0.3, 0.4) is 0 Å². The molecule has 0 unspecified atom stereocenters. The van der Waals surface area contributed by atoms with Crippen molar-refractivity contribution in [2.45, 2.75) is 12.8 Å². The first-order valence-electron chi connectivity index (χ1n) is 6.82. The van der Waals surface area contributed by atoms with E-state index in [2.05, 4.69) is 15.9 Å². The highest BCUT2D eigenvalue weighted by Gasteiger charge is 2.15. The Balaban J connectivity index is 2.17. The summed E-state index contributed by atoms with van der Waals surface area (Å²) in [5.74, 6) is -0.530. The van der Waals surface area contributed by atoms with Crippen LogP contribution in [0.15, 0.2) is 53.0 Å². The Morgan fingerprint density at radius 3 is 2.50 bits per heavy atom. The molecule has 0 spiro atoms. The molecule has 114 valence electrons.